The summed E-state index contributed by atoms with van der Waals surface area (Å²) < 4.78 is 11.4. The molecule has 0 aromatic heterocycles. The van der Waals surface area contributed by atoms with E-state index in [0.717, 1.165) is 21.3 Å². The Morgan fingerprint density at radius 3 is 2.41 bits per heavy atom. The van der Waals surface area contributed by atoms with Gasteiger partial charge < -0.3 is 19.7 Å². The maximum absolute atomic E-state index is 12.4. The molecule has 7 heteroatoms. The summed E-state index contributed by atoms with van der Waals surface area (Å²) >= 11 is 3.39. The lowest BCUT2D eigenvalue weighted by Gasteiger charge is -2.18. The third kappa shape index (κ3) is 5.72. The van der Waals surface area contributed by atoms with Crippen molar-refractivity contribution in [2.24, 2.45) is 0 Å². The first-order valence-electron chi connectivity index (χ1n) is 8.35. The van der Waals surface area contributed by atoms with Crippen molar-refractivity contribution in [2.45, 2.75) is 13.3 Å². The molecule has 0 atom stereocenters. The van der Waals surface area contributed by atoms with E-state index in [1.807, 2.05) is 25.1 Å². The van der Waals surface area contributed by atoms with E-state index in [1.165, 1.54) is 4.90 Å². The van der Waals surface area contributed by atoms with Gasteiger partial charge in [0.05, 0.1) is 27.2 Å². The minimum Gasteiger partial charge on any atom is -0.493 e. The quantitative estimate of drug-likeness (QED) is 0.724. The first-order valence-corrected chi connectivity index (χ1v) is 9.14. The van der Waals surface area contributed by atoms with Crippen LogP contribution in [0.3, 0.4) is 0 Å². The Morgan fingerprint density at radius 1 is 1.07 bits per heavy atom. The van der Waals surface area contributed by atoms with Crippen LogP contribution in [0.1, 0.15) is 11.1 Å². The number of benzene rings is 2. The van der Waals surface area contributed by atoms with Crippen LogP contribution in [0.5, 0.6) is 11.5 Å². The molecule has 0 saturated heterocycles. The molecule has 0 unspecified atom stereocenters. The maximum atomic E-state index is 12.4. The number of methoxy groups -OCH3 is 2. The van der Waals surface area contributed by atoms with E-state index >= 15 is 0 Å². The second kappa shape index (κ2) is 9.41. The summed E-state index contributed by atoms with van der Waals surface area (Å²) in [4.78, 5) is 26.1. The number of likely N-dealkylation sites (N-methyl/N-ethyl adjacent to an activating group) is 1. The van der Waals surface area contributed by atoms with Crippen LogP contribution in [0.25, 0.3) is 0 Å². The van der Waals surface area contributed by atoms with Crippen molar-refractivity contribution in [1.82, 2.24) is 4.90 Å². The lowest BCUT2D eigenvalue weighted by atomic mass is 10.1. The summed E-state index contributed by atoms with van der Waals surface area (Å²) in [5.41, 5.74) is 2.45. The number of anilines is 1. The summed E-state index contributed by atoms with van der Waals surface area (Å²) in [5.74, 6) is 0.758. The molecule has 2 rings (SSSR count). The lowest BCUT2D eigenvalue weighted by molar-refractivity contribution is -0.132. The number of aryl methyl sites for hydroxylation is 1. The highest BCUT2D eigenvalue weighted by Gasteiger charge is 2.15. The molecule has 0 radical (unpaired) electrons. The van der Waals surface area contributed by atoms with Crippen LogP contribution < -0.4 is 14.8 Å². The summed E-state index contributed by atoms with van der Waals surface area (Å²) in [6.07, 6.45) is 0.168. The van der Waals surface area contributed by atoms with E-state index in [1.54, 1.807) is 39.5 Å². The molecular weight excluding hydrogens is 412 g/mol. The van der Waals surface area contributed by atoms with Crippen molar-refractivity contribution >= 4 is 33.4 Å². The van der Waals surface area contributed by atoms with Gasteiger partial charge in [0.2, 0.25) is 11.8 Å². The molecule has 0 saturated carbocycles. The van der Waals surface area contributed by atoms with Gasteiger partial charge in [0.15, 0.2) is 11.5 Å². The Kier molecular flexibility index (Phi) is 7.24. The van der Waals surface area contributed by atoms with E-state index in [-0.39, 0.29) is 24.8 Å². The van der Waals surface area contributed by atoms with Crippen molar-refractivity contribution in [2.75, 3.05) is 33.1 Å². The number of rotatable bonds is 7. The SMILES string of the molecule is COc1ccc(CC(=O)N(C)CC(=O)Nc2ccc(Br)cc2C)cc1OC. The zero-order chi connectivity index (χ0) is 20.0. The maximum Gasteiger partial charge on any atom is 0.243 e. The van der Waals surface area contributed by atoms with Crippen LogP contribution in [-0.4, -0.2) is 44.5 Å². The van der Waals surface area contributed by atoms with Crippen molar-refractivity contribution in [3.63, 3.8) is 0 Å². The van der Waals surface area contributed by atoms with Gasteiger partial charge in [-0.1, -0.05) is 22.0 Å². The number of hydrogen-bond donors (Lipinski definition) is 1. The van der Waals surface area contributed by atoms with Gasteiger partial charge in [-0.05, 0) is 48.4 Å². The molecule has 0 fully saturated rings. The Labute approximate surface area is 167 Å². The normalized spacial score (nSPS) is 10.3. The molecule has 2 amide bonds. The number of carbonyl (C=O) groups is 2. The van der Waals surface area contributed by atoms with E-state index in [4.69, 9.17) is 9.47 Å². The second-order valence-electron chi connectivity index (χ2n) is 6.12. The Hall–Kier alpha value is -2.54. The van der Waals surface area contributed by atoms with Crippen molar-refractivity contribution in [3.05, 3.63) is 52.0 Å². The third-order valence-electron chi connectivity index (χ3n) is 4.07. The molecule has 144 valence electrons. The van der Waals surface area contributed by atoms with Gasteiger partial charge in [0.1, 0.15) is 0 Å². The molecule has 0 aliphatic rings. The molecule has 0 heterocycles. The third-order valence-corrected chi connectivity index (χ3v) is 4.57. The molecular formula is C20H23BrN2O4. The summed E-state index contributed by atoms with van der Waals surface area (Å²) in [6.45, 7) is 1.88. The van der Waals surface area contributed by atoms with Gasteiger partial charge in [-0.3, -0.25) is 9.59 Å². The highest BCUT2D eigenvalue weighted by Crippen LogP contribution is 2.27. The highest BCUT2D eigenvalue weighted by atomic mass is 79.9. The predicted octanol–water partition coefficient (Wildman–Crippen LogP) is 3.41. The number of amides is 2. The van der Waals surface area contributed by atoms with Gasteiger partial charge in [-0.15, -0.1) is 0 Å². The van der Waals surface area contributed by atoms with E-state index in [9.17, 15) is 9.59 Å². The molecule has 0 spiro atoms. The number of nitrogens with zero attached hydrogens (tertiary/aromatic N) is 1. The summed E-state index contributed by atoms with van der Waals surface area (Å²) in [7, 11) is 4.71. The van der Waals surface area contributed by atoms with E-state index < -0.39 is 0 Å². The molecule has 0 aliphatic carbocycles. The molecule has 1 N–H and O–H groups in total. The zero-order valence-electron chi connectivity index (χ0n) is 15.8. The first-order chi connectivity index (χ1) is 12.8. The number of ether oxygens (including phenoxy) is 2. The Bertz CT molecular complexity index is 839. The number of carbonyl (C=O) groups excluding carboxylic acids is 2. The molecule has 2 aromatic carbocycles. The standard InChI is InChI=1S/C20H23BrN2O4/c1-13-9-15(21)6-7-16(13)22-19(24)12-23(2)20(25)11-14-5-8-17(26-3)18(10-14)27-4/h5-10H,11-12H2,1-4H3,(H,22,24). The van der Waals surface area contributed by atoms with Crippen LogP contribution in [0, 0.1) is 6.92 Å². The second-order valence-corrected chi connectivity index (χ2v) is 7.04. The molecule has 6 nitrogen and oxygen atoms in total. The highest BCUT2D eigenvalue weighted by molar-refractivity contribution is 9.10. The van der Waals surface area contributed by atoms with Gasteiger partial charge in [-0.25, -0.2) is 0 Å². The average Bonchev–Trinajstić information content (AvgIpc) is 2.63. The predicted molar refractivity (Wildman–Crippen MR) is 108 cm³/mol. The van der Waals surface area contributed by atoms with Gasteiger partial charge in [0, 0.05) is 17.2 Å². The van der Waals surface area contributed by atoms with Crippen molar-refractivity contribution in [3.8, 4) is 11.5 Å². The topological polar surface area (TPSA) is 67.9 Å². The average molecular weight is 435 g/mol. The largest absolute Gasteiger partial charge is 0.493 e. The monoisotopic (exact) mass is 434 g/mol. The number of halogens is 1. The van der Waals surface area contributed by atoms with Gasteiger partial charge in [-0.2, -0.15) is 0 Å². The fraction of sp³-hybridized carbons (Fsp3) is 0.300. The summed E-state index contributed by atoms with van der Waals surface area (Å²) in [5, 5.41) is 2.83. The minimum absolute atomic E-state index is 0.0262. The van der Waals surface area contributed by atoms with Gasteiger partial charge in [0.25, 0.3) is 0 Å². The van der Waals surface area contributed by atoms with Crippen LogP contribution in [-0.2, 0) is 16.0 Å². The van der Waals surface area contributed by atoms with E-state index in [0.29, 0.717) is 11.5 Å². The Balaban J connectivity index is 1.95. The minimum atomic E-state index is -0.247. The first kappa shape index (κ1) is 20.8. The van der Waals surface area contributed by atoms with Crippen molar-refractivity contribution in [1.29, 1.82) is 0 Å². The number of nitrogens with one attached hydrogen (secondary N) is 1. The molecule has 27 heavy (non-hydrogen) atoms. The van der Waals surface area contributed by atoms with Crippen molar-refractivity contribution < 1.29 is 19.1 Å². The molecule has 2 aromatic rings. The number of hydrogen-bond acceptors (Lipinski definition) is 4. The van der Waals surface area contributed by atoms with Crippen LogP contribution in [0.2, 0.25) is 0 Å². The zero-order valence-corrected chi connectivity index (χ0v) is 17.4. The van der Waals surface area contributed by atoms with Crippen LogP contribution >= 0.6 is 15.9 Å². The fourth-order valence-corrected chi connectivity index (χ4v) is 3.04. The van der Waals surface area contributed by atoms with E-state index in [2.05, 4.69) is 21.2 Å². The van der Waals surface area contributed by atoms with Gasteiger partial charge >= 0.3 is 0 Å². The van der Waals surface area contributed by atoms with Crippen LogP contribution in [0.15, 0.2) is 40.9 Å². The van der Waals surface area contributed by atoms with Crippen LogP contribution in [0.4, 0.5) is 5.69 Å². The Morgan fingerprint density at radius 2 is 1.78 bits per heavy atom. The lowest BCUT2D eigenvalue weighted by Crippen LogP contribution is -2.35. The fourth-order valence-electron chi connectivity index (χ4n) is 2.56. The summed E-state index contributed by atoms with van der Waals surface area (Å²) in [6, 6.07) is 10.9. The molecule has 0 bridgehead atoms. The molecule has 0 aliphatic heterocycles. The smallest absolute Gasteiger partial charge is 0.243 e.